The van der Waals surface area contributed by atoms with Gasteiger partial charge in [-0.1, -0.05) is 6.92 Å². The SMILES string of the molecule is CCNS(=O)(=O)[C@H]1CCN(Cc2cn[nH]c2-c2ccc(C)o2)C1. The summed E-state index contributed by atoms with van der Waals surface area (Å²) in [4.78, 5) is 2.14. The average molecular weight is 338 g/mol. The number of aryl methyl sites for hydroxylation is 1. The Kier molecular flexibility index (Phi) is 4.56. The topological polar surface area (TPSA) is 91.2 Å². The van der Waals surface area contributed by atoms with E-state index in [2.05, 4.69) is 19.8 Å². The van der Waals surface area contributed by atoms with E-state index in [1.54, 1.807) is 13.1 Å². The van der Waals surface area contributed by atoms with Crippen LogP contribution < -0.4 is 4.72 Å². The van der Waals surface area contributed by atoms with Gasteiger partial charge in [0, 0.05) is 25.2 Å². The molecule has 0 unspecified atom stereocenters. The molecule has 1 aliphatic rings. The molecule has 2 aromatic rings. The highest BCUT2D eigenvalue weighted by molar-refractivity contribution is 7.90. The van der Waals surface area contributed by atoms with Crippen LogP contribution >= 0.6 is 0 Å². The van der Waals surface area contributed by atoms with Crippen LogP contribution in [0.15, 0.2) is 22.7 Å². The number of sulfonamides is 1. The number of furan rings is 1. The summed E-state index contributed by atoms with van der Waals surface area (Å²) in [5, 5.41) is 6.73. The summed E-state index contributed by atoms with van der Waals surface area (Å²) in [6.45, 7) is 6.09. The summed E-state index contributed by atoms with van der Waals surface area (Å²) < 4.78 is 32.4. The summed E-state index contributed by atoms with van der Waals surface area (Å²) in [6, 6.07) is 3.82. The van der Waals surface area contributed by atoms with E-state index in [0.29, 0.717) is 26.1 Å². The van der Waals surface area contributed by atoms with Crippen LogP contribution in [0.1, 0.15) is 24.7 Å². The second-order valence-electron chi connectivity index (χ2n) is 5.87. The van der Waals surface area contributed by atoms with Crippen molar-refractivity contribution in [3.05, 3.63) is 29.7 Å². The predicted molar refractivity (Wildman–Crippen MR) is 87.3 cm³/mol. The van der Waals surface area contributed by atoms with Crippen molar-refractivity contribution in [3.63, 3.8) is 0 Å². The van der Waals surface area contributed by atoms with Crippen molar-refractivity contribution in [2.75, 3.05) is 19.6 Å². The van der Waals surface area contributed by atoms with Gasteiger partial charge in [-0.15, -0.1) is 0 Å². The van der Waals surface area contributed by atoms with E-state index in [1.807, 2.05) is 19.1 Å². The number of rotatable bonds is 6. The largest absolute Gasteiger partial charge is 0.460 e. The minimum atomic E-state index is -3.21. The molecule has 0 aromatic carbocycles. The lowest BCUT2D eigenvalue weighted by atomic mass is 10.2. The van der Waals surface area contributed by atoms with Crippen molar-refractivity contribution in [1.29, 1.82) is 0 Å². The van der Waals surface area contributed by atoms with Crippen LogP contribution in [0.5, 0.6) is 0 Å². The van der Waals surface area contributed by atoms with E-state index in [1.165, 1.54) is 0 Å². The van der Waals surface area contributed by atoms with Gasteiger partial charge in [-0.3, -0.25) is 10.00 Å². The Labute approximate surface area is 136 Å². The second-order valence-corrected chi connectivity index (χ2v) is 7.91. The number of likely N-dealkylation sites (tertiary alicyclic amines) is 1. The number of aromatic nitrogens is 2. The van der Waals surface area contributed by atoms with Crippen molar-refractivity contribution in [2.24, 2.45) is 0 Å². The van der Waals surface area contributed by atoms with Gasteiger partial charge in [-0.25, -0.2) is 13.1 Å². The maximum atomic E-state index is 12.1. The zero-order valence-electron chi connectivity index (χ0n) is 13.4. The van der Waals surface area contributed by atoms with Crippen molar-refractivity contribution in [2.45, 2.75) is 32.1 Å². The lowest BCUT2D eigenvalue weighted by Crippen LogP contribution is -2.36. The molecule has 2 N–H and O–H groups in total. The molecule has 3 rings (SSSR count). The molecule has 3 heterocycles. The minimum Gasteiger partial charge on any atom is -0.460 e. The smallest absolute Gasteiger partial charge is 0.215 e. The van der Waals surface area contributed by atoms with Gasteiger partial charge in [0.1, 0.15) is 11.5 Å². The van der Waals surface area contributed by atoms with Gasteiger partial charge in [0.2, 0.25) is 10.0 Å². The van der Waals surface area contributed by atoms with Gasteiger partial charge in [0.15, 0.2) is 5.76 Å². The number of aromatic amines is 1. The maximum Gasteiger partial charge on any atom is 0.215 e. The number of nitrogens with zero attached hydrogens (tertiary/aromatic N) is 2. The first kappa shape index (κ1) is 16.2. The molecule has 0 aliphatic carbocycles. The maximum absolute atomic E-state index is 12.1. The molecule has 0 spiro atoms. The number of nitrogens with one attached hydrogen (secondary N) is 2. The Morgan fingerprint density at radius 2 is 2.30 bits per heavy atom. The van der Waals surface area contributed by atoms with Gasteiger partial charge in [0.05, 0.1) is 11.4 Å². The van der Waals surface area contributed by atoms with Crippen LogP contribution in [-0.2, 0) is 16.6 Å². The third-order valence-electron chi connectivity index (χ3n) is 4.11. The highest BCUT2D eigenvalue weighted by Gasteiger charge is 2.32. The molecule has 1 saturated heterocycles. The zero-order valence-corrected chi connectivity index (χ0v) is 14.2. The Morgan fingerprint density at radius 1 is 1.48 bits per heavy atom. The monoisotopic (exact) mass is 338 g/mol. The van der Waals surface area contributed by atoms with Crippen LogP contribution in [0.4, 0.5) is 0 Å². The third kappa shape index (κ3) is 3.49. The van der Waals surface area contributed by atoms with E-state index in [4.69, 9.17) is 4.42 Å². The highest BCUT2D eigenvalue weighted by Crippen LogP contribution is 2.26. The first-order chi connectivity index (χ1) is 11.0. The molecule has 23 heavy (non-hydrogen) atoms. The summed E-state index contributed by atoms with van der Waals surface area (Å²) >= 11 is 0. The van der Waals surface area contributed by atoms with E-state index < -0.39 is 10.0 Å². The fourth-order valence-corrected chi connectivity index (χ4v) is 4.43. The van der Waals surface area contributed by atoms with E-state index >= 15 is 0 Å². The normalized spacial score (nSPS) is 19.5. The van der Waals surface area contributed by atoms with E-state index in [9.17, 15) is 8.42 Å². The molecule has 1 atom stereocenters. The molecule has 0 amide bonds. The fourth-order valence-electron chi connectivity index (χ4n) is 2.97. The molecular weight excluding hydrogens is 316 g/mol. The molecule has 126 valence electrons. The molecule has 1 fully saturated rings. The van der Waals surface area contributed by atoms with Gasteiger partial charge in [-0.2, -0.15) is 5.10 Å². The lowest BCUT2D eigenvalue weighted by Gasteiger charge is -2.16. The van der Waals surface area contributed by atoms with Crippen LogP contribution in [0, 0.1) is 6.92 Å². The first-order valence-corrected chi connectivity index (χ1v) is 9.34. The third-order valence-corrected chi connectivity index (χ3v) is 6.07. The summed E-state index contributed by atoms with van der Waals surface area (Å²) in [5.74, 6) is 1.60. The Morgan fingerprint density at radius 3 is 3.00 bits per heavy atom. The Bertz CT molecular complexity index is 765. The Balaban J connectivity index is 1.69. The van der Waals surface area contributed by atoms with Gasteiger partial charge >= 0.3 is 0 Å². The standard InChI is InChI=1S/C15H22N4O3S/c1-3-17-23(20,21)13-6-7-19(10-13)9-12-8-16-18-15(12)14-5-4-11(2)22-14/h4-5,8,13,17H,3,6-7,9-10H2,1-2H3,(H,16,18)/t13-/m0/s1. The van der Waals surface area contributed by atoms with Gasteiger partial charge in [0.25, 0.3) is 0 Å². The van der Waals surface area contributed by atoms with Crippen LogP contribution in [0.3, 0.4) is 0 Å². The van der Waals surface area contributed by atoms with Crippen LogP contribution in [0.25, 0.3) is 11.5 Å². The molecule has 0 radical (unpaired) electrons. The second kappa shape index (κ2) is 6.46. The van der Waals surface area contributed by atoms with E-state index in [0.717, 1.165) is 29.3 Å². The zero-order chi connectivity index (χ0) is 16.4. The predicted octanol–water partition coefficient (Wildman–Crippen LogP) is 1.49. The number of hydrogen-bond donors (Lipinski definition) is 2. The summed E-state index contributed by atoms with van der Waals surface area (Å²) in [5.41, 5.74) is 1.87. The molecule has 0 bridgehead atoms. The summed E-state index contributed by atoms with van der Waals surface area (Å²) in [6.07, 6.45) is 2.43. The minimum absolute atomic E-state index is 0.344. The quantitative estimate of drug-likeness (QED) is 0.833. The molecule has 0 saturated carbocycles. The van der Waals surface area contributed by atoms with Crippen molar-refractivity contribution in [3.8, 4) is 11.5 Å². The molecular formula is C15H22N4O3S. The molecule has 1 aliphatic heterocycles. The van der Waals surface area contributed by atoms with Crippen molar-refractivity contribution < 1.29 is 12.8 Å². The van der Waals surface area contributed by atoms with Crippen molar-refractivity contribution >= 4 is 10.0 Å². The lowest BCUT2D eigenvalue weighted by molar-refractivity contribution is 0.331. The van der Waals surface area contributed by atoms with Crippen molar-refractivity contribution in [1.82, 2.24) is 19.8 Å². The molecule has 7 nitrogen and oxygen atoms in total. The Hall–Kier alpha value is -1.64. The average Bonchev–Trinajstić information content (AvgIpc) is 3.20. The molecule has 8 heteroatoms. The fraction of sp³-hybridized carbons (Fsp3) is 0.533. The van der Waals surface area contributed by atoms with Crippen LogP contribution in [-0.4, -0.2) is 48.4 Å². The number of H-pyrrole nitrogens is 1. The van der Waals surface area contributed by atoms with E-state index in [-0.39, 0.29) is 5.25 Å². The highest BCUT2D eigenvalue weighted by atomic mass is 32.2. The molecule has 2 aromatic heterocycles. The first-order valence-electron chi connectivity index (χ1n) is 7.79. The van der Waals surface area contributed by atoms with Gasteiger partial charge in [-0.05, 0) is 32.0 Å². The summed E-state index contributed by atoms with van der Waals surface area (Å²) in [7, 11) is -3.21. The van der Waals surface area contributed by atoms with Crippen LogP contribution in [0.2, 0.25) is 0 Å². The van der Waals surface area contributed by atoms with Gasteiger partial charge < -0.3 is 4.42 Å². The number of hydrogen-bond acceptors (Lipinski definition) is 5.